The van der Waals surface area contributed by atoms with Crippen LogP contribution in [-0.2, 0) is 4.74 Å². The molecule has 0 amide bonds. The Labute approximate surface area is 86.0 Å². The highest BCUT2D eigenvalue weighted by molar-refractivity contribution is 5.39. The zero-order valence-electron chi connectivity index (χ0n) is 8.36. The van der Waals surface area contributed by atoms with Gasteiger partial charge in [-0.15, -0.1) is 0 Å². The fourth-order valence-corrected chi connectivity index (χ4v) is 1.69. The van der Waals surface area contributed by atoms with Crippen LogP contribution in [-0.4, -0.2) is 22.5 Å². The van der Waals surface area contributed by atoms with E-state index in [4.69, 9.17) is 5.73 Å². The summed E-state index contributed by atoms with van der Waals surface area (Å²) in [7, 11) is 0. The van der Waals surface area contributed by atoms with E-state index < -0.39 is 6.61 Å². The first kappa shape index (κ1) is 10.4. The number of anilines is 1. The van der Waals surface area contributed by atoms with E-state index in [1.54, 1.807) is 10.9 Å². The first-order chi connectivity index (χ1) is 7.06. The number of aryl methyl sites for hydroxylation is 1. The molecule has 0 aliphatic heterocycles. The van der Waals surface area contributed by atoms with Crippen LogP contribution >= 0.6 is 0 Å². The predicted molar refractivity (Wildman–Crippen MR) is 50.5 cm³/mol. The van der Waals surface area contributed by atoms with Gasteiger partial charge >= 0.3 is 6.61 Å². The highest BCUT2D eigenvalue weighted by Crippen LogP contribution is 2.35. The van der Waals surface area contributed by atoms with Gasteiger partial charge in [0.05, 0.1) is 23.5 Å². The van der Waals surface area contributed by atoms with E-state index in [1.807, 2.05) is 6.92 Å². The van der Waals surface area contributed by atoms with Crippen molar-refractivity contribution in [3.8, 4) is 0 Å². The summed E-state index contributed by atoms with van der Waals surface area (Å²) < 4.78 is 29.8. The Kier molecular flexibility index (Phi) is 2.60. The van der Waals surface area contributed by atoms with Gasteiger partial charge in [-0.2, -0.15) is 13.9 Å². The maximum atomic E-state index is 11.8. The van der Waals surface area contributed by atoms with Gasteiger partial charge < -0.3 is 10.5 Å². The van der Waals surface area contributed by atoms with Crippen LogP contribution in [0.2, 0.25) is 0 Å². The van der Waals surface area contributed by atoms with E-state index in [-0.39, 0.29) is 12.1 Å². The quantitative estimate of drug-likeness (QED) is 0.838. The van der Waals surface area contributed by atoms with E-state index in [0.717, 1.165) is 5.69 Å². The van der Waals surface area contributed by atoms with Gasteiger partial charge in [0.15, 0.2) is 0 Å². The van der Waals surface area contributed by atoms with Crippen molar-refractivity contribution in [2.45, 2.75) is 38.5 Å². The summed E-state index contributed by atoms with van der Waals surface area (Å²) in [6, 6.07) is 0.143. The predicted octanol–water partition coefficient (Wildman–Crippen LogP) is 1.72. The molecule has 0 atom stereocenters. The van der Waals surface area contributed by atoms with Crippen LogP contribution in [0.5, 0.6) is 0 Å². The van der Waals surface area contributed by atoms with Gasteiger partial charge in [-0.3, -0.25) is 4.68 Å². The molecule has 1 aromatic heterocycles. The van der Waals surface area contributed by atoms with E-state index in [1.165, 1.54) is 0 Å². The number of ether oxygens (including phenoxy) is 1. The van der Waals surface area contributed by atoms with Crippen molar-refractivity contribution >= 4 is 5.69 Å². The molecule has 4 nitrogen and oxygen atoms in total. The summed E-state index contributed by atoms with van der Waals surface area (Å²) >= 11 is 0. The van der Waals surface area contributed by atoms with Crippen LogP contribution < -0.4 is 5.73 Å². The summed E-state index contributed by atoms with van der Waals surface area (Å²) in [6.07, 6.45) is 2.54. The van der Waals surface area contributed by atoms with Gasteiger partial charge in [0.25, 0.3) is 0 Å². The minimum Gasteiger partial charge on any atom is -0.396 e. The van der Waals surface area contributed by atoms with Gasteiger partial charge in [-0.05, 0) is 19.8 Å². The number of halogens is 2. The molecule has 0 spiro atoms. The largest absolute Gasteiger partial charge is 0.396 e. The van der Waals surface area contributed by atoms with Crippen molar-refractivity contribution in [1.29, 1.82) is 0 Å². The Hall–Kier alpha value is -1.17. The highest BCUT2D eigenvalue weighted by Gasteiger charge is 2.33. The van der Waals surface area contributed by atoms with Gasteiger partial charge in [-0.1, -0.05) is 0 Å². The number of nitrogens with two attached hydrogens (primary N) is 1. The third-order valence-corrected chi connectivity index (χ3v) is 2.69. The molecule has 0 radical (unpaired) electrons. The molecule has 1 aromatic rings. The molecule has 0 bridgehead atoms. The highest BCUT2D eigenvalue weighted by atomic mass is 19.3. The number of aromatic nitrogens is 2. The molecule has 0 saturated heterocycles. The van der Waals surface area contributed by atoms with Crippen molar-refractivity contribution in [1.82, 2.24) is 9.78 Å². The second-order valence-corrected chi connectivity index (χ2v) is 3.79. The lowest BCUT2D eigenvalue weighted by Gasteiger charge is -2.34. The smallest absolute Gasteiger partial charge is 0.345 e. The first-order valence-electron chi connectivity index (χ1n) is 4.81. The number of alkyl halides is 2. The fourth-order valence-electron chi connectivity index (χ4n) is 1.69. The van der Waals surface area contributed by atoms with Crippen molar-refractivity contribution in [3.63, 3.8) is 0 Å². The third kappa shape index (κ3) is 2.09. The summed E-state index contributed by atoms with van der Waals surface area (Å²) in [5, 5.41) is 4.19. The normalized spacial score (nSPS) is 25.6. The van der Waals surface area contributed by atoms with Gasteiger partial charge in [0.1, 0.15) is 0 Å². The molecule has 0 aromatic carbocycles. The van der Waals surface area contributed by atoms with Gasteiger partial charge in [0, 0.05) is 6.20 Å². The minimum atomic E-state index is -2.68. The van der Waals surface area contributed by atoms with Crippen molar-refractivity contribution in [2.75, 3.05) is 5.73 Å². The molecule has 2 N–H and O–H groups in total. The van der Waals surface area contributed by atoms with Gasteiger partial charge in [0.2, 0.25) is 0 Å². The Morgan fingerprint density at radius 2 is 2.27 bits per heavy atom. The van der Waals surface area contributed by atoms with E-state index in [2.05, 4.69) is 9.84 Å². The molecular weight excluding hydrogens is 204 g/mol. The zero-order chi connectivity index (χ0) is 11.0. The summed E-state index contributed by atoms with van der Waals surface area (Å²) in [6.45, 7) is -0.863. The molecule has 6 heteroatoms. The molecule has 1 fully saturated rings. The van der Waals surface area contributed by atoms with E-state index >= 15 is 0 Å². The SMILES string of the molecule is Cc1nn([C@H]2C[C@H](OC(F)F)C2)cc1N. The lowest BCUT2D eigenvalue weighted by Crippen LogP contribution is -2.34. The topological polar surface area (TPSA) is 53.1 Å². The van der Waals surface area contributed by atoms with E-state index in [0.29, 0.717) is 18.5 Å². The van der Waals surface area contributed by atoms with Crippen LogP contribution in [0.25, 0.3) is 0 Å². The Morgan fingerprint density at radius 3 is 2.73 bits per heavy atom. The van der Waals surface area contributed by atoms with Crippen molar-refractivity contribution in [3.05, 3.63) is 11.9 Å². The van der Waals surface area contributed by atoms with Crippen LogP contribution in [0.4, 0.5) is 14.5 Å². The summed E-state index contributed by atoms with van der Waals surface area (Å²) in [5.41, 5.74) is 7.04. The van der Waals surface area contributed by atoms with Crippen LogP contribution in [0, 0.1) is 6.92 Å². The standard InChI is InChI=1S/C9H13F2N3O/c1-5-8(12)4-14(13-5)6-2-7(3-6)15-9(10)11/h4,6-7,9H,2-3,12H2,1H3/t6-,7-. The molecule has 0 unspecified atom stereocenters. The molecule has 1 aliphatic carbocycles. The van der Waals surface area contributed by atoms with Crippen LogP contribution in [0.1, 0.15) is 24.6 Å². The monoisotopic (exact) mass is 217 g/mol. The van der Waals surface area contributed by atoms with Crippen molar-refractivity contribution in [2.24, 2.45) is 0 Å². The minimum absolute atomic E-state index is 0.143. The summed E-state index contributed by atoms with van der Waals surface area (Å²) in [4.78, 5) is 0. The second-order valence-electron chi connectivity index (χ2n) is 3.79. The Balaban J connectivity index is 1.89. The lowest BCUT2D eigenvalue weighted by molar-refractivity contribution is -0.189. The number of rotatable bonds is 3. The number of hydrogen-bond donors (Lipinski definition) is 1. The lowest BCUT2D eigenvalue weighted by atomic mass is 9.89. The van der Waals surface area contributed by atoms with Crippen LogP contribution in [0.15, 0.2) is 6.20 Å². The average Bonchev–Trinajstić information content (AvgIpc) is 2.38. The molecule has 1 aliphatic rings. The Bertz CT molecular complexity index is 328. The second kappa shape index (κ2) is 3.77. The van der Waals surface area contributed by atoms with E-state index in [9.17, 15) is 8.78 Å². The molecular formula is C9H13F2N3O. The third-order valence-electron chi connectivity index (χ3n) is 2.69. The number of nitrogen functional groups attached to an aromatic ring is 1. The average molecular weight is 217 g/mol. The Morgan fingerprint density at radius 1 is 1.60 bits per heavy atom. The molecule has 1 saturated carbocycles. The molecule has 2 rings (SSSR count). The zero-order valence-corrected chi connectivity index (χ0v) is 8.36. The number of hydrogen-bond acceptors (Lipinski definition) is 3. The number of nitrogens with zero attached hydrogens (tertiary/aromatic N) is 2. The molecule has 15 heavy (non-hydrogen) atoms. The molecule has 1 heterocycles. The van der Waals surface area contributed by atoms with Gasteiger partial charge in [-0.25, -0.2) is 0 Å². The fraction of sp³-hybridized carbons (Fsp3) is 0.667. The van der Waals surface area contributed by atoms with Crippen molar-refractivity contribution < 1.29 is 13.5 Å². The molecule has 84 valence electrons. The first-order valence-corrected chi connectivity index (χ1v) is 4.81. The maximum absolute atomic E-state index is 11.8. The van der Waals surface area contributed by atoms with Crippen LogP contribution in [0.3, 0.4) is 0 Å². The maximum Gasteiger partial charge on any atom is 0.345 e. The summed E-state index contributed by atoms with van der Waals surface area (Å²) in [5.74, 6) is 0.